The van der Waals surface area contributed by atoms with Crippen molar-refractivity contribution in [2.45, 2.75) is 11.4 Å². The summed E-state index contributed by atoms with van der Waals surface area (Å²) in [6.45, 7) is 0. The van der Waals surface area contributed by atoms with E-state index >= 15 is 0 Å². The van der Waals surface area contributed by atoms with Gasteiger partial charge in [0.2, 0.25) is 11.5 Å². The summed E-state index contributed by atoms with van der Waals surface area (Å²) >= 11 is 4.80. The molecule has 0 radical (unpaired) electrons. The van der Waals surface area contributed by atoms with Crippen LogP contribution >= 0.6 is 12.2 Å². The second-order valence-corrected chi connectivity index (χ2v) is 4.28. The van der Waals surface area contributed by atoms with Gasteiger partial charge in [-0.15, -0.1) is 0 Å². The van der Waals surface area contributed by atoms with E-state index in [2.05, 4.69) is 10.6 Å². The largest absolute Gasteiger partial charge is 0.363 e. The fraction of sp³-hybridized carbons (Fsp3) is 0.200. The van der Waals surface area contributed by atoms with Gasteiger partial charge in [-0.3, -0.25) is 4.79 Å². The molecule has 3 rings (SSSR count). The summed E-state index contributed by atoms with van der Waals surface area (Å²) in [5.41, 5.74) is -3.37. The monoisotopic (exact) mass is 236 g/mol. The molecular weight excluding hydrogens is 228 g/mol. The zero-order valence-corrected chi connectivity index (χ0v) is 8.84. The standard InChI is InChI=1S/C10H8N2O3S/c13-7-5-3-1-2-4-6(5)9(14)10(7,15)12-8(16)11-9/h1-4,14-15H,(H2,11,12,16)/t9-,10+/m1/s1. The molecule has 1 saturated heterocycles. The maximum Gasteiger partial charge on any atom is 0.256 e. The molecule has 1 fully saturated rings. The first kappa shape index (κ1) is 9.71. The van der Waals surface area contributed by atoms with Gasteiger partial charge in [0.25, 0.3) is 5.72 Å². The first-order chi connectivity index (χ1) is 7.49. The molecule has 6 heteroatoms. The molecule has 0 bridgehead atoms. The van der Waals surface area contributed by atoms with Gasteiger partial charge in [-0.1, -0.05) is 24.3 Å². The molecule has 2 atom stereocenters. The highest BCUT2D eigenvalue weighted by Crippen LogP contribution is 2.43. The van der Waals surface area contributed by atoms with Crippen molar-refractivity contribution in [3.63, 3.8) is 0 Å². The normalized spacial score (nSPS) is 35.4. The van der Waals surface area contributed by atoms with E-state index in [9.17, 15) is 15.0 Å². The van der Waals surface area contributed by atoms with Crippen LogP contribution in [-0.4, -0.2) is 26.8 Å². The van der Waals surface area contributed by atoms with Gasteiger partial charge in [0, 0.05) is 11.1 Å². The van der Waals surface area contributed by atoms with E-state index in [0.29, 0.717) is 5.56 Å². The molecule has 5 nitrogen and oxygen atoms in total. The maximum atomic E-state index is 12.0. The van der Waals surface area contributed by atoms with Crippen molar-refractivity contribution < 1.29 is 15.0 Å². The number of rotatable bonds is 0. The summed E-state index contributed by atoms with van der Waals surface area (Å²) in [5, 5.41) is 25.5. The summed E-state index contributed by atoms with van der Waals surface area (Å²) < 4.78 is 0. The quantitative estimate of drug-likeness (QED) is 0.441. The van der Waals surface area contributed by atoms with Gasteiger partial charge in [0.05, 0.1) is 0 Å². The average Bonchev–Trinajstić information content (AvgIpc) is 2.57. The van der Waals surface area contributed by atoms with Gasteiger partial charge in [-0.25, -0.2) is 0 Å². The van der Waals surface area contributed by atoms with E-state index in [0.717, 1.165) is 0 Å². The molecule has 0 unspecified atom stereocenters. The molecule has 0 spiro atoms. The van der Waals surface area contributed by atoms with Crippen LogP contribution < -0.4 is 10.6 Å². The van der Waals surface area contributed by atoms with Crippen molar-refractivity contribution in [2.24, 2.45) is 0 Å². The van der Waals surface area contributed by atoms with Crippen LogP contribution in [0.1, 0.15) is 15.9 Å². The highest BCUT2D eigenvalue weighted by molar-refractivity contribution is 7.80. The predicted octanol–water partition coefficient (Wildman–Crippen LogP) is -0.806. The van der Waals surface area contributed by atoms with E-state index in [1.54, 1.807) is 24.3 Å². The minimum Gasteiger partial charge on any atom is -0.363 e. The number of fused-ring (bicyclic) bond motifs is 3. The second-order valence-electron chi connectivity index (χ2n) is 3.87. The van der Waals surface area contributed by atoms with Gasteiger partial charge in [-0.05, 0) is 12.2 Å². The summed E-state index contributed by atoms with van der Waals surface area (Å²) in [4.78, 5) is 12.0. The van der Waals surface area contributed by atoms with Crippen LogP contribution in [0.3, 0.4) is 0 Å². The van der Waals surface area contributed by atoms with Gasteiger partial charge >= 0.3 is 0 Å². The number of benzene rings is 1. The Hall–Kier alpha value is -1.50. The molecule has 1 heterocycles. The zero-order chi connectivity index (χ0) is 11.6. The SMILES string of the molecule is O=C1c2ccccc2[C@]2(O)NC(=S)N[C@]12O. The minimum absolute atomic E-state index is 0.0489. The Balaban J connectivity index is 2.32. The molecule has 82 valence electrons. The van der Waals surface area contributed by atoms with Crippen LogP contribution in [0.5, 0.6) is 0 Å². The van der Waals surface area contributed by atoms with Gasteiger partial charge in [-0.2, -0.15) is 0 Å². The van der Waals surface area contributed by atoms with Crippen molar-refractivity contribution >= 4 is 23.1 Å². The van der Waals surface area contributed by atoms with E-state index < -0.39 is 17.2 Å². The lowest BCUT2D eigenvalue weighted by Crippen LogP contribution is -2.58. The van der Waals surface area contributed by atoms with Gasteiger partial charge in [0.1, 0.15) is 0 Å². The Bertz CT molecular complexity index is 533. The van der Waals surface area contributed by atoms with E-state index in [-0.39, 0.29) is 10.7 Å². The molecule has 0 aromatic heterocycles. The first-order valence-electron chi connectivity index (χ1n) is 4.68. The molecule has 16 heavy (non-hydrogen) atoms. The van der Waals surface area contributed by atoms with Crippen molar-refractivity contribution in [3.8, 4) is 0 Å². The summed E-state index contributed by atoms with van der Waals surface area (Å²) in [7, 11) is 0. The number of aliphatic hydroxyl groups is 2. The number of thiocarbonyl (C=S) groups is 1. The Morgan fingerprint density at radius 1 is 1.12 bits per heavy atom. The van der Waals surface area contributed by atoms with Crippen LogP contribution in [0.4, 0.5) is 0 Å². The highest BCUT2D eigenvalue weighted by Gasteiger charge is 2.67. The fourth-order valence-electron chi connectivity index (χ4n) is 2.22. The smallest absolute Gasteiger partial charge is 0.256 e. The highest BCUT2D eigenvalue weighted by atomic mass is 32.1. The lowest BCUT2D eigenvalue weighted by Gasteiger charge is -2.28. The van der Waals surface area contributed by atoms with Gasteiger partial charge in [0.15, 0.2) is 5.11 Å². The molecule has 0 saturated carbocycles. The number of Topliss-reactive ketones (excluding diaryl/α,β-unsaturated/α-hetero) is 1. The third-order valence-corrected chi connectivity index (χ3v) is 3.21. The number of hydrogen-bond acceptors (Lipinski definition) is 4. The Morgan fingerprint density at radius 3 is 2.50 bits per heavy atom. The lowest BCUT2D eigenvalue weighted by molar-refractivity contribution is -0.122. The van der Waals surface area contributed by atoms with Crippen molar-refractivity contribution in [1.29, 1.82) is 0 Å². The molecule has 0 amide bonds. The first-order valence-corrected chi connectivity index (χ1v) is 5.09. The summed E-state index contributed by atoms with van der Waals surface area (Å²) in [5.74, 6) is -0.585. The molecule has 2 aliphatic rings. The molecule has 1 aliphatic heterocycles. The van der Waals surface area contributed by atoms with E-state index in [1.165, 1.54) is 0 Å². The topological polar surface area (TPSA) is 81.6 Å². The van der Waals surface area contributed by atoms with Crippen molar-refractivity contribution in [3.05, 3.63) is 35.4 Å². The minimum atomic E-state index is -2.10. The Labute approximate surface area is 96.1 Å². The molecule has 1 aromatic carbocycles. The second kappa shape index (κ2) is 2.60. The number of carbonyl (C=O) groups is 1. The summed E-state index contributed by atoms with van der Waals surface area (Å²) in [6, 6.07) is 6.48. The van der Waals surface area contributed by atoms with Crippen LogP contribution in [-0.2, 0) is 5.72 Å². The molecule has 1 aromatic rings. The van der Waals surface area contributed by atoms with Crippen LogP contribution in [0.2, 0.25) is 0 Å². The molecule has 4 N–H and O–H groups in total. The maximum absolute atomic E-state index is 12.0. The Kier molecular flexibility index (Phi) is 1.58. The lowest BCUT2D eigenvalue weighted by atomic mass is 10.0. The molecular formula is C10H8N2O3S. The van der Waals surface area contributed by atoms with Crippen molar-refractivity contribution in [1.82, 2.24) is 10.6 Å². The van der Waals surface area contributed by atoms with Gasteiger partial charge < -0.3 is 20.8 Å². The number of hydrogen-bond donors (Lipinski definition) is 4. The number of nitrogens with one attached hydrogen (secondary N) is 2. The molecule has 1 aliphatic carbocycles. The average molecular weight is 236 g/mol. The van der Waals surface area contributed by atoms with E-state index in [1.807, 2.05) is 0 Å². The van der Waals surface area contributed by atoms with Crippen LogP contribution in [0.15, 0.2) is 24.3 Å². The summed E-state index contributed by atoms with van der Waals surface area (Å²) in [6.07, 6.45) is 0. The number of carbonyl (C=O) groups excluding carboxylic acids is 1. The van der Waals surface area contributed by atoms with E-state index in [4.69, 9.17) is 12.2 Å². The third kappa shape index (κ3) is 0.835. The Morgan fingerprint density at radius 2 is 1.75 bits per heavy atom. The zero-order valence-electron chi connectivity index (χ0n) is 8.02. The third-order valence-electron chi connectivity index (χ3n) is 3.00. The van der Waals surface area contributed by atoms with Crippen LogP contribution in [0, 0.1) is 0 Å². The van der Waals surface area contributed by atoms with Crippen LogP contribution in [0.25, 0.3) is 0 Å². The predicted molar refractivity (Wildman–Crippen MR) is 58.5 cm³/mol. The number of ketones is 1. The fourth-order valence-corrected chi connectivity index (χ4v) is 2.51. The van der Waals surface area contributed by atoms with Crippen molar-refractivity contribution in [2.75, 3.05) is 0 Å².